The third-order valence-electron chi connectivity index (χ3n) is 11.6. The summed E-state index contributed by atoms with van der Waals surface area (Å²) < 4.78 is 2.44. The summed E-state index contributed by atoms with van der Waals surface area (Å²) >= 11 is 0. The van der Waals surface area contributed by atoms with E-state index < -0.39 is 0 Å². The Morgan fingerprint density at radius 1 is 0.328 bits per heavy atom. The SMILES string of the molecule is c1ccc(-c2ccccc2N(c2ccc3c4c(-c5ccccc5)cccc4n(-c4ccccc4)c3c2)c2c(-c3ccccc3)c3ccccc3c3ccccc23)cc1. The first kappa shape index (κ1) is 33.6. The van der Waals surface area contributed by atoms with Crippen molar-refractivity contribution in [2.24, 2.45) is 0 Å². The van der Waals surface area contributed by atoms with Crippen molar-refractivity contribution < 1.29 is 0 Å². The van der Waals surface area contributed by atoms with Crippen LogP contribution in [0.15, 0.2) is 231 Å². The van der Waals surface area contributed by atoms with Gasteiger partial charge in [-0.3, -0.25) is 0 Å². The number of hydrogen-bond acceptors (Lipinski definition) is 1. The van der Waals surface area contributed by atoms with Gasteiger partial charge in [0.25, 0.3) is 0 Å². The summed E-state index contributed by atoms with van der Waals surface area (Å²) in [5.41, 5.74) is 13.9. The number of nitrogens with zero attached hydrogens (tertiary/aromatic N) is 2. The van der Waals surface area contributed by atoms with Crippen molar-refractivity contribution in [2.75, 3.05) is 4.90 Å². The lowest BCUT2D eigenvalue weighted by atomic mass is 9.89. The molecule has 0 bridgehead atoms. The molecule has 0 amide bonds. The normalized spacial score (nSPS) is 11.4. The molecule has 0 aliphatic heterocycles. The molecule has 0 saturated carbocycles. The zero-order valence-electron chi connectivity index (χ0n) is 31.8. The van der Waals surface area contributed by atoms with Crippen LogP contribution in [0.1, 0.15) is 0 Å². The Hall–Kier alpha value is -7.68. The molecule has 272 valence electrons. The van der Waals surface area contributed by atoms with E-state index in [9.17, 15) is 0 Å². The minimum atomic E-state index is 1.08. The van der Waals surface area contributed by atoms with Crippen LogP contribution in [0, 0.1) is 0 Å². The molecule has 0 fully saturated rings. The van der Waals surface area contributed by atoms with Gasteiger partial charge in [-0.15, -0.1) is 0 Å². The van der Waals surface area contributed by atoms with Gasteiger partial charge in [-0.2, -0.15) is 0 Å². The molecule has 2 heteroatoms. The smallest absolute Gasteiger partial charge is 0.0625 e. The summed E-state index contributed by atoms with van der Waals surface area (Å²) in [6, 6.07) is 83.8. The molecule has 0 unspecified atom stereocenters. The minimum absolute atomic E-state index is 1.08. The predicted octanol–water partition coefficient (Wildman–Crippen LogP) is 15.6. The first-order valence-corrected chi connectivity index (χ1v) is 19.9. The standard InChI is InChI=1S/C56H38N2/c1-5-20-39(21-6-1)44-28-17-18-34-51(44)58(56-49-32-16-14-30-47(49)46-29-13-15-31-48(46)54(56)41-24-9-3-10-25-41)43-36-37-50-53(38-43)57(42-26-11-4-12-27-42)52-35-19-33-45(55(50)52)40-22-7-2-8-23-40/h1-38H. The topological polar surface area (TPSA) is 8.17 Å². The number of hydrogen-bond donors (Lipinski definition) is 0. The van der Waals surface area contributed by atoms with E-state index in [1.54, 1.807) is 0 Å². The van der Waals surface area contributed by atoms with Gasteiger partial charge in [0.05, 0.1) is 22.4 Å². The summed E-state index contributed by atoms with van der Waals surface area (Å²) in [5, 5.41) is 7.34. The molecule has 0 atom stereocenters. The van der Waals surface area contributed by atoms with Gasteiger partial charge in [-0.1, -0.05) is 194 Å². The summed E-state index contributed by atoms with van der Waals surface area (Å²) in [6.07, 6.45) is 0. The first-order chi connectivity index (χ1) is 28.8. The Bertz CT molecular complexity index is 3260. The predicted molar refractivity (Wildman–Crippen MR) is 247 cm³/mol. The fraction of sp³-hybridized carbons (Fsp3) is 0. The van der Waals surface area contributed by atoms with Crippen LogP contribution in [0.4, 0.5) is 17.1 Å². The van der Waals surface area contributed by atoms with Crippen LogP contribution in [0.5, 0.6) is 0 Å². The molecule has 11 aromatic rings. The average molecular weight is 739 g/mol. The molecule has 58 heavy (non-hydrogen) atoms. The van der Waals surface area contributed by atoms with E-state index in [1.165, 1.54) is 65.7 Å². The molecule has 2 nitrogen and oxygen atoms in total. The van der Waals surface area contributed by atoms with Gasteiger partial charge in [-0.05, 0) is 74.8 Å². The van der Waals surface area contributed by atoms with E-state index in [0.29, 0.717) is 0 Å². The molecule has 0 saturated heterocycles. The lowest BCUT2D eigenvalue weighted by molar-refractivity contribution is 1.18. The van der Waals surface area contributed by atoms with E-state index in [1.807, 2.05) is 0 Å². The van der Waals surface area contributed by atoms with Gasteiger partial charge in [0.15, 0.2) is 0 Å². The van der Waals surface area contributed by atoms with Gasteiger partial charge in [0.2, 0.25) is 0 Å². The number of anilines is 3. The van der Waals surface area contributed by atoms with Crippen LogP contribution in [0.2, 0.25) is 0 Å². The maximum Gasteiger partial charge on any atom is 0.0625 e. The summed E-state index contributed by atoms with van der Waals surface area (Å²) in [7, 11) is 0. The minimum Gasteiger partial charge on any atom is -0.309 e. The van der Waals surface area contributed by atoms with E-state index in [2.05, 4.69) is 240 Å². The second kappa shape index (κ2) is 14.1. The maximum absolute atomic E-state index is 2.53. The van der Waals surface area contributed by atoms with Crippen LogP contribution >= 0.6 is 0 Å². The molecule has 0 aliphatic rings. The monoisotopic (exact) mass is 738 g/mol. The lowest BCUT2D eigenvalue weighted by Crippen LogP contribution is -2.13. The van der Waals surface area contributed by atoms with Crippen LogP contribution in [-0.2, 0) is 0 Å². The van der Waals surface area contributed by atoms with Crippen molar-refractivity contribution in [3.05, 3.63) is 231 Å². The van der Waals surface area contributed by atoms with Crippen molar-refractivity contribution in [1.29, 1.82) is 0 Å². The van der Waals surface area contributed by atoms with Gasteiger partial charge in [0.1, 0.15) is 0 Å². The van der Waals surface area contributed by atoms with Gasteiger partial charge >= 0.3 is 0 Å². The van der Waals surface area contributed by atoms with E-state index in [0.717, 1.165) is 33.8 Å². The highest BCUT2D eigenvalue weighted by Crippen LogP contribution is 2.52. The molecular formula is C56H38N2. The largest absolute Gasteiger partial charge is 0.309 e. The zero-order valence-corrected chi connectivity index (χ0v) is 31.8. The van der Waals surface area contributed by atoms with Crippen LogP contribution in [-0.4, -0.2) is 4.57 Å². The molecule has 0 N–H and O–H groups in total. The van der Waals surface area contributed by atoms with E-state index in [4.69, 9.17) is 0 Å². The zero-order chi connectivity index (χ0) is 38.4. The molecule has 1 heterocycles. The second-order valence-corrected chi connectivity index (χ2v) is 14.8. The fourth-order valence-electron chi connectivity index (χ4n) is 9.08. The number of rotatable bonds is 7. The van der Waals surface area contributed by atoms with E-state index in [-0.39, 0.29) is 0 Å². The molecule has 1 aromatic heterocycles. The van der Waals surface area contributed by atoms with Crippen molar-refractivity contribution in [1.82, 2.24) is 4.57 Å². The number of benzene rings is 10. The maximum atomic E-state index is 2.53. The Kier molecular flexibility index (Phi) is 8.19. The highest BCUT2D eigenvalue weighted by Gasteiger charge is 2.26. The molecule has 0 spiro atoms. The number of fused-ring (bicyclic) bond motifs is 6. The molecule has 10 aromatic carbocycles. The van der Waals surface area contributed by atoms with Crippen molar-refractivity contribution in [2.45, 2.75) is 0 Å². The molecule has 0 radical (unpaired) electrons. The molecule has 0 aliphatic carbocycles. The molecular weight excluding hydrogens is 701 g/mol. The van der Waals surface area contributed by atoms with Gasteiger partial charge < -0.3 is 9.47 Å². The summed E-state index contributed by atoms with van der Waals surface area (Å²) in [5.74, 6) is 0. The third kappa shape index (κ3) is 5.50. The number of aromatic nitrogens is 1. The summed E-state index contributed by atoms with van der Waals surface area (Å²) in [4.78, 5) is 2.53. The first-order valence-electron chi connectivity index (χ1n) is 19.9. The summed E-state index contributed by atoms with van der Waals surface area (Å²) in [6.45, 7) is 0. The highest BCUT2D eigenvalue weighted by atomic mass is 15.2. The van der Waals surface area contributed by atoms with Gasteiger partial charge in [0, 0.05) is 38.7 Å². The Morgan fingerprint density at radius 3 is 1.53 bits per heavy atom. The van der Waals surface area contributed by atoms with Crippen molar-refractivity contribution >= 4 is 60.4 Å². The number of para-hydroxylation sites is 2. The average Bonchev–Trinajstić information content (AvgIpc) is 3.64. The van der Waals surface area contributed by atoms with Crippen LogP contribution in [0.25, 0.3) is 82.4 Å². The van der Waals surface area contributed by atoms with Crippen molar-refractivity contribution in [3.63, 3.8) is 0 Å². The Labute approximate surface area is 338 Å². The van der Waals surface area contributed by atoms with Crippen LogP contribution in [0.3, 0.4) is 0 Å². The Balaban J connectivity index is 1.30. The van der Waals surface area contributed by atoms with Gasteiger partial charge in [-0.25, -0.2) is 0 Å². The van der Waals surface area contributed by atoms with E-state index >= 15 is 0 Å². The molecule has 11 rings (SSSR count). The Morgan fingerprint density at radius 2 is 0.845 bits per heavy atom. The fourth-order valence-corrected chi connectivity index (χ4v) is 9.08. The van der Waals surface area contributed by atoms with Crippen LogP contribution < -0.4 is 4.90 Å². The quantitative estimate of drug-likeness (QED) is 0.148. The lowest BCUT2D eigenvalue weighted by Gasteiger charge is -2.32. The third-order valence-corrected chi connectivity index (χ3v) is 11.6. The highest BCUT2D eigenvalue weighted by molar-refractivity contribution is 6.23. The second-order valence-electron chi connectivity index (χ2n) is 14.8. The van der Waals surface area contributed by atoms with Crippen molar-refractivity contribution in [3.8, 4) is 39.1 Å².